The minimum absolute atomic E-state index is 0.115. The maximum absolute atomic E-state index is 13.2. The van der Waals surface area contributed by atoms with Gasteiger partial charge in [0.2, 0.25) is 0 Å². The van der Waals surface area contributed by atoms with E-state index in [9.17, 15) is 13.6 Å². The molecule has 0 unspecified atom stereocenters. The van der Waals surface area contributed by atoms with Gasteiger partial charge in [-0.15, -0.1) is 0 Å². The summed E-state index contributed by atoms with van der Waals surface area (Å²) in [7, 11) is 0. The van der Waals surface area contributed by atoms with E-state index >= 15 is 0 Å². The number of aryl methyl sites for hydroxylation is 2. The Kier molecular flexibility index (Phi) is 4.38. The lowest BCUT2D eigenvalue weighted by Gasteiger charge is -2.09. The summed E-state index contributed by atoms with van der Waals surface area (Å²) in [6.07, 6.45) is 1.29. The second kappa shape index (κ2) is 6.63. The maximum Gasteiger partial charge on any atom is 0.324 e. The van der Waals surface area contributed by atoms with Gasteiger partial charge in [0, 0.05) is 23.5 Å². The zero-order valence-corrected chi connectivity index (χ0v) is 13.4. The molecule has 0 saturated carbocycles. The van der Waals surface area contributed by atoms with Crippen LogP contribution >= 0.6 is 0 Å². The van der Waals surface area contributed by atoms with Gasteiger partial charge in [0.15, 0.2) is 17.5 Å². The molecule has 0 spiro atoms. The molecule has 0 aliphatic carbocycles. The lowest BCUT2D eigenvalue weighted by molar-refractivity contribution is 0.262. The number of carbonyl (C=O) groups is 1. The van der Waals surface area contributed by atoms with Crippen LogP contribution in [-0.2, 0) is 0 Å². The predicted octanol–water partition coefficient (Wildman–Crippen LogP) is 3.20. The first-order valence-electron chi connectivity index (χ1n) is 7.31. The van der Waals surface area contributed by atoms with E-state index in [4.69, 9.17) is 0 Å². The first kappa shape index (κ1) is 16.5. The molecule has 1 aromatic carbocycles. The fourth-order valence-electron chi connectivity index (χ4n) is 2.24. The van der Waals surface area contributed by atoms with Gasteiger partial charge in [-0.05, 0) is 32.0 Å². The average Bonchev–Trinajstić information content (AvgIpc) is 2.90. The Hall–Kier alpha value is -3.36. The van der Waals surface area contributed by atoms with E-state index in [1.807, 2.05) is 19.9 Å². The fraction of sp³-hybridized carbons (Fsp3) is 0.125. The lowest BCUT2D eigenvalue weighted by Crippen LogP contribution is -2.20. The van der Waals surface area contributed by atoms with E-state index in [0.29, 0.717) is 5.82 Å². The third-order valence-electron chi connectivity index (χ3n) is 3.30. The number of benzene rings is 1. The number of urea groups is 1. The largest absolute Gasteiger partial charge is 0.324 e. The van der Waals surface area contributed by atoms with Gasteiger partial charge in [0.1, 0.15) is 12.1 Å². The normalized spacial score (nSPS) is 10.6. The summed E-state index contributed by atoms with van der Waals surface area (Å²) >= 11 is 0. The predicted molar refractivity (Wildman–Crippen MR) is 87.6 cm³/mol. The molecule has 128 valence electrons. The number of hydrogen-bond donors (Lipinski definition) is 2. The highest BCUT2D eigenvalue weighted by Gasteiger charge is 2.10. The molecule has 9 heteroatoms. The molecule has 2 amide bonds. The van der Waals surface area contributed by atoms with Crippen LogP contribution in [0.25, 0.3) is 5.82 Å². The van der Waals surface area contributed by atoms with Crippen LogP contribution in [-0.4, -0.2) is 25.8 Å². The molecule has 3 aromatic rings. The zero-order valence-electron chi connectivity index (χ0n) is 13.4. The molecule has 2 heterocycles. The Balaban J connectivity index is 1.74. The number of nitrogens with zero attached hydrogens (tertiary/aromatic N) is 4. The van der Waals surface area contributed by atoms with E-state index in [2.05, 4.69) is 25.7 Å². The van der Waals surface area contributed by atoms with Crippen molar-refractivity contribution in [1.82, 2.24) is 19.7 Å². The van der Waals surface area contributed by atoms with Gasteiger partial charge >= 0.3 is 6.03 Å². The number of anilines is 2. The van der Waals surface area contributed by atoms with Gasteiger partial charge in [-0.1, -0.05) is 0 Å². The molecule has 3 rings (SSSR count). The molecule has 0 bridgehead atoms. The topological polar surface area (TPSA) is 84.7 Å². The Bertz CT molecular complexity index is 940. The van der Waals surface area contributed by atoms with Crippen molar-refractivity contribution in [3.63, 3.8) is 0 Å². The highest BCUT2D eigenvalue weighted by atomic mass is 19.2. The number of carbonyl (C=O) groups excluding carboxylic acids is 1. The summed E-state index contributed by atoms with van der Waals surface area (Å²) in [5, 5.41) is 9.20. The molecular formula is C16H14F2N6O. The smallest absolute Gasteiger partial charge is 0.308 e. The molecule has 7 nitrogen and oxygen atoms in total. The second-order valence-corrected chi connectivity index (χ2v) is 5.31. The van der Waals surface area contributed by atoms with Gasteiger partial charge in [0.05, 0.1) is 5.69 Å². The summed E-state index contributed by atoms with van der Waals surface area (Å²) in [6, 6.07) is 5.85. The van der Waals surface area contributed by atoms with E-state index in [1.54, 1.807) is 10.7 Å². The third kappa shape index (κ3) is 3.77. The zero-order chi connectivity index (χ0) is 18.0. The van der Waals surface area contributed by atoms with Crippen LogP contribution in [0.2, 0.25) is 0 Å². The van der Waals surface area contributed by atoms with E-state index < -0.39 is 17.7 Å². The van der Waals surface area contributed by atoms with E-state index in [1.165, 1.54) is 12.4 Å². The van der Waals surface area contributed by atoms with Crippen molar-refractivity contribution in [3.8, 4) is 5.82 Å². The number of amides is 2. The van der Waals surface area contributed by atoms with Crippen molar-refractivity contribution in [2.24, 2.45) is 0 Å². The summed E-state index contributed by atoms with van der Waals surface area (Å²) in [5.74, 6) is -1.32. The van der Waals surface area contributed by atoms with Crippen LogP contribution in [0.4, 0.5) is 25.1 Å². The van der Waals surface area contributed by atoms with Crippen LogP contribution in [0.15, 0.2) is 36.7 Å². The lowest BCUT2D eigenvalue weighted by atomic mass is 10.3. The molecule has 0 atom stereocenters. The molecule has 0 fully saturated rings. The van der Waals surface area contributed by atoms with Crippen molar-refractivity contribution >= 4 is 17.5 Å². The fourth-order valence-corrected chi connectivity index (χ4v) is 2.24. The van der Waals surface area contributed by atoms with Crippen molar-refractivity contribution in [2.45, 2.75) is 13.8 Å². The molecule has 25 heavy (non-hydrogen) atoms. The van der Waals surface area contributed by atoms with Crippen LogP contribution in [0.1, 0.15) is 11.4 Å². The maximum atomic E-state index is 13.2. The highest BCUT2D eigenvalue weighted by Crippen LogP contribution is 2.15. The summed E-state index contributed by atoms with van der Waals surface area (Å²) in [5.41, 5.74) is 1.83. The standard InChI is InChI=1S/C16H14F2N6O/c1-9-5-10(2)24(23-9)15-7-14(19-8-20-15)22-16(25)21-11-3-4-12(17)13(18)6-11/h3-8H,1-2H3,(H2,19,20,21,22,25). The van der Waals surface area contributed by atoms with Crippen molar-refractivity contribution in [3.05, 3.63) is 59.7 Å². The highest BCUT2D eigenvalue weighted by molar-refractivity contribution is 5.99. The van der Waals surface area contributed by atoms with Crippen LogP contribution in [0.5, 0.6) is 0 Å². The number of hydrogen-bond acceptors (Lipinski definition) is 4. The van der Waals surface area contributed by atoms with Gasteiger partial charge in [-0.2, -0.15) is 5.10 Å². The minimum atomic E-state index is -1.05. The summed E-state index contributed by atoms with van der Waals surface area (Å²) < 4.78 is 27.7. The van der Waals surface area contributed by atoms with Gasteiger partial charge in [-0.3, -0.25) is 5.32 Å². The van der Waals surface area contributed by atoms with E-state index in [0.717, 1.165) is 23.5 Å². The first-order valence-corrected chi connectivity index (χ1v) is 7.31. The third-order valence-corrected chi connectivity index (χ3v) is 3.30. The number of aromatic nitrogens is 4. The van der Waals surface area contributed by atoms with Gasteiger partial charge < -0.3 is 5.32 Å². The SMILES string of the molecule is Cc1cc(C)n(-c2cc(NC(=O)Nc3ccc(F)c(F)c3)ncn2)n1. The molecule has 0 radical (unpaired) electrons. The molecule has 0 aliphatic heterocycles. The Morgan fingerprint density at radius 3 is 2.52 bits per heavy atom. The van der Waals surface area contributed by atoms with Crippen molar-refractivity contribution in [1.29, 1.82) is 0 Å². The summed E-state index contributed by atoms with van der Waals surface area (Å²) in [4.78, 5) is 20.1. The minimum Gasteiger partial charge on any atom is -0.308 e. The number of nitrogens with one attached hydrogen (secondary N) is 2. The van der Waals surface area contributed by atoms with E-state index in [-0.39, 0.29) is 11.5 Å². The quantitative estimate of drug-likeness (QED) is 0.764. The Morgan fingerprint density at radius 1 is 1.04 bits per heavy atom. The number of halogens is 2. The van der Waals surface area contributed by atoms with Gasteiger partial charge in [0.25, 0.3) is 0 Å². The van der Waals surface area contributed by atoms with Crippen LogP contribution < -0.4 is 10.6 Å². The van der Waals surface area contributed by atoms with Crippen LogP contribution in [0, 0.1) is 25.5 Å². The molecular weight excluding hydrogens is 330 g/mol. The first-order chi connectivity index (χ1) is 11.9. The molecule has 0 aliphatic rings. The van der Waals surface area contributed by atoms with Crippen molar-refractivity contribution < 1.29 is 13.6 Å². The molecule has 0 saturated heterocycles. The second-order valence-electron chi connectivity index (χ2n) is 5.31. The Morgan fingerprint density at radius 2 is 1.84 bits per heavy atom. The van der Waals surface area contributed by atoms with Gasteiger partial charge in [-0.25, -0.2) is 28.2 Å². The summed E-state index contributed by atoms with van der Waals surface area (Å²) in [6.45, 7) is 3.74. The Labute approximate surface area is 141 Å². The number of rotatable bonds is 3. The van der Waals surface area contributed by atoms with Crippen LogP contribution in [0.3, 0.4) is 0 Å². The molecule has 2 aromatic heterocycles. The molecule has 2 N–H and O–H groups in total. The monoisotopic (exact) mass is 344 g/mol. The van der Waals surface area contributed by atoms with Crippen molar-refractivity contribution in [2.75, 3.05) is 10.6 Å². The average molecular weight is 344 g/mol.